The van der Waals surface area contributed by atoms with E-state index in [1.54, 1.807) is 42.5 Å². The van der Waals surface area contributed by atoms with E-state index in [-0.39, 0.29) is 18.2 Å². The Labute approximate surface area is 179 Å². The third kappa shape index (κ3) is 6.67. The van der Waals surface area contributed by atoms with Crippen molar-refractivity contribution in [2.75, 3.05) is 6.61 Å². The number of ether oxygens (including phenoxy) is 2. The summed E-state index contributed by atoms with van der Waals surface area (Å²) in [6.07, 6.45) is 1.52. The van der Waals surface area contributed by atoms with Gasteiger partial charge in [0.2, 0.25) is 0 Å². The molecule has 3 rings (SSSR count). The third-order valence-electron chi connectivity index (χ3n) is 4.29. The van der Waals surface area contributed by atoms with Crippen molar-refractivity contribution < 1.29 is 19.2 Å². The molecular formula is C23H21N3O5. The minimum atomic E-state index is -0.440. The second kappa shape index (κ2) is 10.5. The number of amides is 1. The fraction of sp³-hybridized carbons (Fsp3) is 0.130. The summed E-state index contributed by atoms with van der Waals surface area (Å²) in [7, 11) is 0. The molecule has 0 aliphatic carbocycles. The highest BCUT2D eigenvalue weighted by Gasteiger charge is 2.05. The number of nitrogens with zero attached hydrogens (tertiary/aromatic N) is 2. The Kier molecular flexibility index (Phi) is 7.31. The van der Waals surface area contributed by atoms with Crippen LogP contribution in [0, 0.1) is 17.0 Å². The lowest BCUT2D eigenvalue weighted by atomic mass is 10.2. The average Bonchev–Trinajstić information content (AvgIpc) is 2.78. The number of benzene rings is 3. The lowest BCUT2D eigenvalue weighted by Gasteiger charge is -2.07. The molecule has 0 saturated carbocycles. The molecular weight excluding hydrogens is 398 g/mol. The monoisotopic (exact) mass is 419 g/mol. The van der Waals surface area contributed by atoms with E-state index in [2.05, 4.69) is 10.5 Å². The van der Waals surface area contributed by atoms with Crippen molar-refractivity contribution in [1.82, 2.24) is 5.43 Å². The maximum absolute atomic E-state index is 11.8. The van der Waals surface area contributed by atoms with E-state index in [9.17, 15) is 14.9 Å². The molecule has 0 bridgehead atoms. The van der Waals surface area contributed by atoms with E-state index in [1.165, 1.54) is 18.3 Å². The zero-order chi connectivity index (χ0) is 22.1. The zero-order valence-electron chi connectivity index (χ0n) is 16.9. The number of hydrogen-bond acceptors (Lipinski definition) is 6. The number of carbonyl (C=O) groups excluding carboxylic acids is 1. The van der Waals surface area contributed by atoms with Crippen LogP contribution in [0.5, 0.6) is 11.5 Å². The van der Waals surface area contributed by atoms with E-state index in [4.69, 9.17) is 9.47 Å². The van der Waals surface area contributed by atoms with E-state index >= 15 is 0 Å². The van der Waals surface area contributed by atoms with E-state index in [0.717, 1.165) is 16.7 Å². The van der Waals surface area contributed by atoms with E-state index in [1.807, 2.05) is 25.1 Å². The van der Waals surface area contributed by atoms with Gasteiger partial charge in [-0.3, -0.25) is 14.9 Å². The number of rotatable bonds is 9. The normalized spacial score (nSPS) is 10.6. The van der Waals surface area contributed by atoms with Gasteiger partial charge in [0, 0.05) is 12.1 Å². The summed E-state index contributed by atoms with van der Waals surface area (Å²) in [6, 6.07) is 20.8. The van der Waals surface area contributed by atoms with Gasteiger partial charge in [-0.15, -0.1) is 0 Å². The molecule has 3 aromatic carbocycles. The van der Waals surface area contributed by atoms with Gasteiger partial charge in [0.15, 0.2) is 6.61 Å². The Morgan fingerprint density at radius 2 is 1.74 bits per heavy atom. The number of hydrogen-bond donors (Lipinski definition) is 1. The van der Waals surface area contributed by atoms with Crippen molar-refractivity contribution in [3.05, 3.63) is 99.6 Å². The van der Waals surface area contributed by atoms with Gasteiger partial charge in [0.25, 0.3) is 11.6 Å². The van der Waals surface area contributed by atoms with Gasteiger partial charge in [-0.1, -0.05) is 18.2 Å². The molecule has 1 N–H and O–H groups in total. The molecule has 0 aromatic heterocycles. The number of aryl methyl sites for hydroxylation is 1. The van der Waals surface area contributed by atoms with Crippen LogP contribution in [0.4, 0.5) is 5.69 Å². The fourth-order valence-corrected chi connectivity index (χ4v) is 2.60. The molecule has 0 heterocycles. The standard InChI is InChI=1S/C23H21N3O5/c1-17-4-2-3-5-22(17)31-16-23(27)25-24-14-18-8-12-21(13-9-18)30-15-19-6-10-20(11-7-19)26(28)29/h2-14H,15-16H2,1H3,(H,25,27)/b24-14-. The lowest BCUT2D eigenvalue weighted by molar-refractivity contribution is -0.384. The molecule has 158 valence electrons. The summed E-state index contributed by atoms with van der Waals surface area (Å²) in [5.41, 5.74) is 5.02. The first-order valence-corrected chi connectivity index (χ1v) is 9.48. The topological polar surface area (TPSA) is 103 Å². The van der Waals surface area contributed by atoms with Crippen molar-refractivity contribution in [2.45, 2.75) is 13.5 Å². The Morgan fingerprint density at radius 1 is 1.03 bits per heavy atom. The van der Waals surface area contributed by atoms with Crippen LogP contribution in [-0.2, 0) is 11.4 Å². The van der Waals surface area contributed by atoms with Gasteiger partial charge in [-0.2, -0.15) is 5.10 Å². The van der Waals surface area contributed by atoms with Crippen molar-refractivity contribution in [3.8, 4) is 11.5 Å². The van der Waals surface area contributed by atoms with Crippen molar-refractivity contribution in [1.29, 1.82) is 0 Å². The fourth-order valence-electron chi connectivity index (χ4n) is 2.60. The Bertz CT molecular complexity index is 1060. The number of carbonyl (C=O) groups is 1. The quantitative estimate of drug-likeness (QED) is 0.321. The van der Waals surface area contributed by atoms with Crippen LogP contribution in [0.1, 0.15) is 16.7 Å². The van der Waals surface area contributed by atoms with Crippen LogP contribution in [0.15, 0.2) is 77.9 Å². The summed E-state index contributed by atoms with van der Waals surface area (Å²) in [5.74, 6) is 0.944. The van der Waals surface area contributed by atoms with Gasteiger partial charge in [0.05, 0.1) is 11.1 Å². The minimum absolute atomic E-state index is 0.0428. The minimum Gasteiger partial charge on any atom is -0.489 e. The summed E-state index contributed by atoms with van der Waals surface area (Å²) >= 11 is 0. The highest BCUT2D eigenvalue weighted by atomic mass is 16.6. The number of non-ortho nitro benzene ring substituents is 1. The van der Waals surface area contributed by atoms with Crippen LogP contribution in [0.2, 0.25) is 0 Å². The average molecular weight is 419 g/mol. The molecule has 0 saturated heterocycles. The molecule has 0 aliphatic rings. The number of nitro benzene ring substituents is 1. The van der Waals surface area contributed by atoms with Gasteiger partial charge < -0.3 is 9.47 Å². The summed E-state index contributed by atoms with van der Waals surface area (Å²) in [6.45, 7) is 2.07. The summed E-state index contributed by atoms with van der Waals surface area (Å²) in [5, 5.41) is 14.6. The van der Waals surface area contributed by atoms with Gasteiger partial charge in [0.1, 0.15) is 18.1 Å². The maximum Gasteiger partial charge on any atom is 0.277 e. The first-order chi connectivity index (χ1) is 15.0. The summed E-state index contributed by atoms with van der Waals surface area (Å²) in [4.78, 5) is 22.1. The maximum atomic E-state index is 11.8. The molecule has 0 atom stereocenters. The zero-order valence-corrected chi connectivity index (χ0v) is 16.9. The van der Waals surface area contributed by atoms with Gasteiger partial charge in [-0.05, 0) is 66.1 Å². The molecule has 1 amide bonds. The van der Waals surface area contributed by atoms with Crippen LogP contribution in [0.3, 0.4) is 0 Å². The first-order valence-electron chi connectivity index (χ1n) is 9.48. The van der Waals surface area contributed by atoms with Gasteiger partial charge >= 0.3 is 0 Å². The highest BCUT2D eigenvalue weighted by molar-refractivity contribution is 5.83. The largest absolute Gasteiger partial charge is 0.489 e. The Balaban J connectivity index is 1.43. The molecule has 0 fully saturated rings. The second-order valence-electron chi connectivity index (χ2n) is 6.63. The molecule has 0 radical (unpaired) electrons. The van der Waals surface area contributed by atoms with E-state index < -0.39 is 4.92 Å². The molecule has 8 heteroatoms. The molecule has 31 heavy (non-hydrogen) atoms. The van der Waals surface area contributed by atoms with Crippen LogP contribution in [-0.4, -0.2) is 23.7 Å². The number of nitro groups is 1. The third-order valence-corrected chi connectivity index (χ3v) is 4.29. The molecule has 0 spiro atoms. The first kappa shape index (κ1) is 21.5. The van der Waals surface area contributed by atoms with Crippen LogP contribution < -0.4 is 14.9 Å². The second-order valence-corrected chi connectivity index (χ2v) is 6.63. The van der Waals surface area contributed by atoms with Gasteiger partial charge in [-0.25, -0.2) is 5.43 Å². The molecule has 0 unspecified atom stereocenters. The highest BCUT2D eigenvalue weighted by Crippen LogP contribution is 2.17. The smallest absolute Gasteiger partial charge is 0.277 e. The molecule has 3 aromatic rings. The number of para-hydroxylation sites is 1. The van der Waals surface area contributed by atoms with Crippen molar-refractivity contribution in [3.63, 3.8) is 0 Å². The summed E-state index contributed by atoms with van der Waals surface area (Å²) < 4.78 is 11.1. The molecule has 0 aliphatic heterocycles. The predicted molar refractivity (Wildman–Crippen MR) is 116 cm³/mol. The molecule has 8 nitrogen and oxygen atoms in total. The number of hydrazone groups is 1. The van der Waals surface area contributed by atoms with E-state index in [0.29, 0.717) is 18.1 Å². The van der Waals surface area contributed by atoms with Crippen molar-refractivity contribution >= 4 is 17.8 Å². The van der Waals surface area contributed by atoms with Crippen LogP contribution >= 0.6 is 0 Å². The Morgan fingerprint density at radius 3 is 2.42 bits per heavy atom. The van der Waals surface area contributed by atoms with Crippen molar-refractivity contribution in [2.24, 2.45) is 5.10 Å². The predicted octanol–water partition coefficient (Wildman–Crippen LogP) is 4.01. The van der Waals surface area contributed by atoms with Crippen LogP contribution in [0.25, 0.3) is 0 Å². The SMILES string of the molecule is Cc1ccccc1OCC(=O)N/N=C\c1ccc(OCc2ccc([N+](=O)[O-])cc2)cc1. The Hall–Kier alpha value is -4.20. The number of nitrogens with one attached hydrogen (secondary N) is 1. The lowest BCUT2D eigenvalue weighted by Crippen LogP contribution is -2.24.